The first kappa shape index (κ1) is 10.7. The molecular weight excluding hydrogens is 249 g/mol. The lowest BCUT2D eigenvalue weighted by atomic mass is 10.2. The molecular formula is C10H11BrClN. The number of alkyl halides is 1. The van der Waals surface area contributed by atoms with Crippen LogP contribution in [0.1, 0.15) is 12.1 Å². The molecule has 0 saturated heterocycles. The van der Waals surface area contributed by atoms with Gasteiger partial charge in [0.15, 0.2) is 0 Å². The predicted octanol–water partition coefficient (Wildman–Crippen LogP) is 3.57. The van der Waals surface area contributed by atoms with Crippen molar-refractivity contribution in [3.63, 3.8) is 0 Å². The second kappa shape index (κ2) is 6.17. The summed E-state index contributed by atoms with van der Waals surface area (Å²) in [4.78, 5) is 4.24. The lowest BCUT2D eigenvalue weighted by Crippen LogP contribution is -1.85. The van der Waals surface area contributed by atoms with Crippen molar-refractivity contribution in [3.05, 3.63) is 40.6 Å². The summed E-state index contributed by atoms with van der Waals surface area (Å²) in [7, 11) is 0. The monoisotopic (exact) mass is 259 g/mol. The number of allylic oxidation sites excluding steroid dienone is 2. The summed E-state index contributed by atoms with van der Waals surface area (Å²) in [6, 6.07) is 4.01. The Bertz CT molecular complexity index is 269. The fourth-order valence-electron chi connectivity index (χ4n) is 0.912. The normalized spacial score (nSPS) is 10.9. The van der Waals surface area contributed by atoms with Gasteiger partial charge in [-0.2, -0.15) is 0 Å². The Morgan fingerprint density at radius 3 is 2.85 bits per heavy atom. The molecule has 70 valence electrons. The van der Waals surface area contributed by atoms with Gasteiger partial charge in [0.1, 0.15) is 0 Å². The van der Waals surface area contributed by atoms with Crippen molar-refractivity contribution in [1.29, 1.82) is 0 Å². The summed E-state index contributed by atoms with van der Waals surface area (Å²) in [6.07, 6.45) is 7.79. The van der Waals surface area contributed by atoms with E-state index >= 15 is 0 Å². The van der Waals surface area contributed by atoms with E-state index in [9.17, 15) is 0 Å². The highest BCUT2D eigenvalue weighted by molar-refractivity contribution is 9.10. The molecule has 13 heavy (non-hydrogen) atoms. The van der Waals surface area contributed by atoms with Gasteiger partial charge in [0.25, 0.3) is 0 Å². The maximum Gasteiger partial charge on any atom is 0.0442 e. The summed E-state index contributed by atoms with van der Waals surface area (Å²) >= 11 is 8.87. The van der Waals surface area contributed by atoms with Crippen molar-refractivity contribution >= 4 is 27.5 Å². The number of nitrogens with zero attached hydrogens (tertiary/aromatic N) is 1. The topological polar surface area (TPSA) is 12.9 Å². The van der Waals surface area contributed by atoms with E-state index in [-0.39, 0.29) is 0 Å². The minimum Gasteiger partial charge on any atom is -0.260 e. The number of hydrogen-bond acceptors (Lipinski definition) is 1. The molecule has 0 aliphatic carbocycles. The summed E-state index contributed by atoms with van der Waals surface area (Å²) in [5, 5.41) is 0. The number of rotatable bonds is 4. The number of aromatic nitrogens is 1. The molecule has 1 aromatic rings. The Kier molecular flexibility index (Phi) is 5.09. The molecule has 0 bridgehead atoms. The molecule has 0 saturated carbocycles. The van der Waals surface area contributed by atoms with E-state index in [2.05, 4.69) is 33.1 Å². The summed E-state index contributed by atoms with van der Waals surface area (Å²) in [5.41, 5.74) is 1.08. The van der Waals surface area contributed by atoms with Gasteiger partial charge >= 0.3 is 0 Å². The molecule has 0 spiro atoms. The molecule has 0 aromatic carbocycles. The Balaban J connectivity index is 2.41. The van der Waals surface area contributed by atoms with Crippen LogP contribution in [0.3, 0.4) is 0 Å². The maximum absolute atomic E-state index is 5.53. The molecule has 1 aromatic heterocycles. The Morgan fingerprint density at radius 2 is 2.23 bits per heavy atom. The highest BCUT2D eigenvalue weighted by Gasteiger charge is 1.90. The first-order valence-electron chi connectivity index (χ1n) is 4.14. The standard InChI is InChI=1S/C10H11BrClN/c11-9-5-6-10(13-8-9)4-2-1-3-7-12/h1-2,5-6,8H,3-4,7H2/b2-1+. The zero-order chi connectivity index (χ0) is 9.52. The van der Waals surface area contributed by atoms with Gasteiger partial charge in [-0.15, -0.1) is 11.6 Å². The fourth-order valence-corrected chi connectivity index (χ4v) is 1.27. The van der Waals surface area contributed by atoms with Crippen molar-refractivity contribution in [2.75, 3.05) is 5.88 Å². The molecule has 0 unspecified atom stereocenters. The zero-order valence-electron chi connectivity index (χ0n) is 7.21. The molecule has 0 N–H and O–H groups in total. The average molecular weight is 261 g/mol. The second-order valence-corrected chi connectivity index (χ2v) is 3.91. The third-order valence-electron chi connectivity index (χ3n) is 1.56. The second-order valence-electron chi connectivity index (χ2n) is 2.62. The van der Waals surface area contributed by atoms with Gasteiger partial charge in [0.2, 0.25) is 0 Å². The molecule has 0 fully saturated rings. The number of halogens is 2. The van der Waals surface area contributed by atoms with Gasteiger partial charge in [-0.3, -0.25) is 4.98 Å². The predicted molar refractivity (Wildman–Crippen MR) is 60.1 cm³/mol. The van der Waals surface area contributed by atoms with E-state index < -0.39 is 0 Å². The molecule has 0 aliphatic heterocycles. The van der Waals surface area contributed by atoms with Gasteiger partial charge in [-0.25, -0.2) is 0 Å². The van der Waals surface area contributed by atoms with E-state index in [0.717, 1.165) is 23.0 Å². The van der Waals surface area contributed by atoms with Crippen molar-refractivity contribution in [2.24, 2.45) is 0 Å². The van der Waals surface area contributed by atoms with Crippen LogP contribution in [0.15, 0.2) is 35.0 Å². The average Bonchev–Trinajstić information content (AvgIpc) is 2.15. The van der Waals surface area contributed by atoms with Crippen LogP contribution in [-0.4, -0.2) is 10.9 Å². The van der Waals surface area contributed by atoms with Crippen molar-refractivity contribution in [3.8, 4) is 0 Å². The zero-order valence-corrected chi connectivity index (χ0v) is 9.55. The van der Waals surface area contributed by atoms with Crippen LogP contribution in [0.5, 0.6) is 0 Å². The quantitative estimate of drug-likeness (QED) is 0.596. The molecule has 0 aliphatic rings. The number of pyridine rings is 1. The highest BCUT2D eigenvalue weighted by Crippen LogP contribution is 2.07. The van der Waals surface area contributed by atoms with Gasteiger partial charge in [-0.05, 0) is 34.5 Å². The van der Waals surface area contributed by atoms with E-state index in [0.29, 0.717) is 5.88 Å². The van der Waals surface area contributed by atoms with Crippen LogP contribution >= 0.6 is 27.5 Å². The third-order valence-corrected chi connectivity index (χ3v) is 2.25. The molecule has 1 heterocycles. The van der Waals surface area contributed by atoms with Crippen molar-refractivity contribution in [2.45, 2.75) is 12.8 Å². The highest BCUT2D eigenvalue weighted by atomic mass is 79.9. The smallest absolute Gasteiger partial charge is 0.0442 e. The van der Waals surface area contributed by atoms with E-state index in [1.165, 1.54) is 0 Å². The lowest BCUT2D eigenvalue weighted by molar-refractivity contribution is 1.09. The summed E-state index contributed by atoms with van der Waals surface area (Å²) in [5.74, 6) is 0.685. The molecule has 1 rings (SSSR count). The van der Waals surface area contributed by atoms with Gasteiger partial charge in [0, 0.05) is 28.7 Å². The minimum absolute atomic E-state index is 0.685. The largest absolute Gasteiger partial charge is 0.260 e. The van der Waals surface area contributed by atoms with Gasteiger partial charge in [0.05, 0.1) is 0 Å². The Hall–Kier alpha value is -0.340. The van der Waals surface area contributed by atoms with Crippen LogP contribution in [0.2, 0.25) is 0 Å². The summed E-state index contributed by atoms with van der Waals surface area (Å²) < 4.78 is 1.01. The SMILES string of the molecule is ClCC/C=C/Cc1ccc(Br)cn1. The lowest BCUT2D eigenvalue weighted by Gasteiger charge is -1.94. The fraction of sp³-hybridized carbons (Fsp3) is 0.300. The van der Waals surface area contributed by atoms with Gasteiger partial charge in [-0.1, -0.05) is 12.2 Å². The molecule has 1 nitrogen and oxygen atoms in total. The van der Waals surface area contributed by atoms with E-state index in [1.807, 2.05) is 18.3 Å². The first-order valence-corrected chi connectivity index (χ1v) is 5.47. The van der Waals surface area contributed by atoms with Crippen LogP contribution < -0.4 is 0 Å². The molecule has 0 atom stereocenters. The maximum atomic E-state index is 5.53. The Morgan fingerprint density at radius 1 is 1.38 bits per heavy atom. The molecule has 3 heteroatoms. The van der Waals surface area contributed by atoms with E-state index in [4.69, 9.17) is 11.6 Å². The van der Waals surface area contributed by atoms with Crippen molar-refractivity contribution in [1.82, 2.24) is 4.98 Å². The molecule has 0 radical (unpaired) electrons. The Labute approximate surface area is 92.0 Å². The molecule has 0 amide bonds. The van der Waals surface area contributed by atoms with Crippen LogP contribution in [0.25, 0.3) is 0 Å². The third kappa shape index (κ3) is 4.44. The van der Waals surface area contributed by atoms with E-state index in [1.54, 1.807) is 0 Å². The van der Waals surface area contributed by atoms with Crippen LogP contribution in [0.4, 0.5) is 0 Å². The minimum atomic E-state index is 0.685. The van der Waals surface area contributed by atoms with Gasteiger partial charge < -0.3 is 0 Å². The van der Waals surface area contributed by atoms with Crippen molar-refractivity contribution < 1.29 is 0 Å². The van der Waals surface area contributed by atoms with Crippen LogP contribution in [0, 0.1) is 0 Å². The first-order chi connectivity index (χ1) is 6.33. The van der Waals surface area contributed by atoms with Crippen LogP contribution in [-0.2, 0) is 6.42 Å². The summed E-state index contributed by atoms with van der Waals surface area (Å²) in [6.45, 7) is 0. The number of hydrogen-bond donors (Lipinski definition) is 0.